The number of nitrogens with zero attached hydrogens (tertiary/aromatic N) is 2. The molecule has 17 heavy (non-hydrogen) atoms. The van der Waals surface area contributed by atoms with Crippen LogP contribution in [-0.4, -0.2) is 35.5 Å². The standard InChI is InChI=1S/C13H20N2O2/c1-10(2)15-5-3-4-11(8-15)6-13-12(9-16)7-14-17-13/h7,9-11H,3-6,8H2,1-2H3. The first kappa shape index (κ1) is 12.3. The maximum absolute atomic E-state index is 10.8. The lowest BCUT2D eigenvalue weighted by Gasteiger charge is -2.35. The average Bonchev–Trinajstić information content (AvgIpc) is 2.76. The molecule has 1 saturated heterocycles. The predicted octanol–water partition coefficient (Wildman–Crippen LogP) is 2.15. The van der Waals surface area contributed by atoms with E-state index < -0.39 is 0 Å². The van der Waals surface area contributed by atoms with Crippen LogP contribution in [0.5, 0.6) is 0 Å². The molecule has 2 heterocycles. The number of piperidine rings is 1. The molecule has 0 spiro atoms. The van der Waals surface area contributed by atoms with Crippen LogP contribution in [0, 0.1) is 5.92 Å². The van der Waals surface area contributed by atoms with Crippen LogP contribution in [0.15, 0.2) is 10.7 Å². The number of rotatable bonds is 4. The van der Waals surface area contributed by atoms with Crippen LogP contribution in [0.4, 0.5) is 0 Å². The summed E-state index contributed by atoms with van der Waals surface area (Å²) in [7, 11) is 0. The van der Waals surface area contributed by atoms with Crippen molar-refractivity contribution in [2.45, 2.75) is 39.2 Å². The van der Waals surface area contributed by atoms with Gasteiger partial charge in [-0.1, -0.05) is 5.16 Å². The Morgan fingerprint density at radius 1 is 1.65 bits per heavy atom. The average molecular weight is 236 g/mol. The molecule has 1 fully saturated rings. The van der Waals surface area contributed by atoms with Gasteiger partial charge in [-0.15, -0.1) is 0 Å². The van der Waals surface area contributed by atoms with Gasteiger partial charge in [0.05, 0.1) is 11.8 Å². The Kier molecular flexibility index (Phi) is 3.94. The summed E-state index contributed by atoms with van der Waals surface area (Å²) in [5.74, 6) is 1.33. The summed E-state index contributed by atoms with van der Waals surface area (Å²) < 4.78 is 5.15. The van der Waals surface area contributed by atoms with Gasteiger partial charge < -0.3 is 9.42 Å². The second kappa shape index (κ2) is 5.45. The van der Waals surface area contributed by atoms with E-state index in [0.717, 1.165) is 25.0 Å². The van der Waals surface area contributed by atoms with E-state index in [0.29, 0.717) is 17.5 Å². The molecule has 0 radical (unpaired) electrons. The maximum Gasteiger partial charge on any atom is 0.155 e. The predicted molar refractivity (Wildman–Crippen MR) is 65.0 cm³/mol. The van der Waals surface area contributed by atoms with E-state index in [2.05, 4.69) is 23.9 Å². The van der Waals surface area contributed by atoms with E-state index in [4.69, 9.17) is 4.52 Å². The van der Waals surface area contributed by atoms with Crippen molar-refractivity contribution in [2.24, 2.45) is 5.92 Å². The van der Waals surface area contributed by atoms with Crippen molar-refractivity contribution in [1.82, 2.24) is 10.1 Å². The highest BCUT2D eigenvalue weighted by Crippen LogP contribution is 2.23. The molecule has 1 unspecified atom stereocenters. The van der Waals surface area contributed by atoms with Gasteiger partial charge in [0, 0.05) is 19.0 Å². The lowest BCUT2D eigenvalue weighted by molar-refractivity contribution is 0.111. The summed E-state index contributed by atoms with van der Waals surface area (Å²) in [4.78, 5) is 13.3. The Morgan fingerprint density at radius 2 is 2.47 bits per heavy atom. The number of aromatic nitrogens is 1. The van der Waals surface area contributed by atoms with E-state index in [1.54, 1.807) is 0 Å². The molecule has 0 aromatic carbocycles. The Labute approximate surface area is 102 Å². The van der Waals surface area contributed by atoms with Gasteiger partial charge >= 0.3 is 0 Å². The Bertz CT molecular complexity index is 373. The molecule has 4 heteroatoms. The zero-order valence-corrected chi connectivity index (χ0v) is 10.6. The minimum Gasteiger partial charge on any atom is -0.361 e. The number of likely N-dealkylation sites (tertiary alicyclic amines) is 1. The summed E-state index contributed by atoms with van der Waals surface area (Å²) in [5.41, 5.74) is 0.603. The summed E-state index contributed by atoms with van der Waals surface area (Å²) >= 11 is 0. The van der Waals surface area contributed by atoms with Crippen molar-refractivity contribution < 1.29 is 9.32 Å². The summed E-state index contributed by atoms with van der Waals surface area (Å²) in [6, 6.07) is 0.595. The first-order valence-electron chi connectivity index (χ1n) is 6.33. The Morgan fingerprint density at radius 3 is 3.18 bits per heavy atom. The number of hydrogen-bond donors (Lipinski definition) is 0. The SMILES string of the molecule is CC(C)N1CCCC(Cc2oncc2C=O)C1. The van der Waals surface area contributed by atoms with Crippen LogP contribution in [0.2, 0.25) is 0 Å². The molecular formula is C13H20N2O2. The zero-order chi connectivity index (χ0) is 12.3. The molecule has 0 amide bonds. The van der Waals surface area contributed by atoms with Crippen molar-refractivity contribution in [1.29, 1.82) is 0 Å². The number of carbonyl (C=O) groups excluding carboxylic acids is 1. The first-order chi connectivity index (χ1) is 8.20. The molecule has 1 aliphatic rings. The van der Waals surface area contributed by atoms with E-state index in [1.165, 1.54) is 25.6 Å². The van der Waals surface area contributed by atoms with E-state index >= 15 is 0 Å². The Hall–Kier alpha value is -1.16. The zero-order valence-electron chi connectivity index (χ0n) is 10.6. The van der Waals surface area contributed by atoms with Gasteiger partial charge in [0.15, 0.2) is 6.29 Å². The highest BCUT2D eigenvalue weighted by atomic mass is 16.5. The molecule has 0 bridgehead atoms. The molecule has 94 valence electrons. The maximum atomic E-state index is 10.8. The third-order valence-electron chi connectivity index (χ3n) is 3.56. The van der Waals surface area contributed by atoms with Gasteiger partial charge in [-0.25, -0.2) is 0 Å². The molecular weight excluding hydrogens is 216 g/mol. The molecule has 1 aliphatic heterocycles. The quantitative estimate of drug-likeness (QED) is 0.751. The van der Waals surface area contributed by atoms with Gasteiger partial charge in [0.1, 0.15) is 5.76 Å². The molecule has 1 aromatic rings. The number of aldehydes is 1. The van der Waals surface area contributed by atoms with Gasteiger partial charge in [0.25, 0.3) is 0 Å². The fourth-order valence-electron chi connectivity index (χ4n) is 2.52. The van der Waals surface area contributed by atoms with Gasteiger partial charge in [-0.05, 0) is 39.2 Å². The molecule has 1 aromatic heterocycles. The third kappa shape index (κ3) is 2.94. The summed E-state index contributed by atoms with van der Waals surface area (Å²) in [5, 5.41) is 3.69. The topological polar surface area (TPSA) is 46.3 Å². The number of hydrogen-bond acceptors (Lipinski definition) is 4. The van der Waals surface area contributed by atoms with Crippen molar-refractivity contribution in [3.05, 3.63) is 17.5 Å². The largest absolute Gasteiger partial charge is 0.361 e. The van der Waals surface area contributed by atoms with E-state index in [-0.39, 0.29) is 0 Å². The van der Waals surface area contributed by atoms with E-state index in [9.17, 15) is 4.79 Å². The second-order valence-corrected chi connectivity index (χ2v) is 5.12. The molecule has 4 nitrogen and oxygen atoms in total. The molecule has 0 N–H and O–H groups in total. The minimum absolute atomic E-state index is 0.581. The monoisotopic (exact) mass is 236 g/mol. The fourth-order valence-corrected chi connectivity index (χ4v) is 2.52. The number of carbonyl (C=O) groups is 1. The van der Waals surface area contributed by atoms with Gasteiger partial charge in [-0.3, -0.25) is 4.79 Å². The summed E-state index contributed by atoms with van der Waals surface area (Å²) in [6.45, 7) is 6.74. The van der Waals surface area contributed by atoms with Gasteiger partial charge in [0.2, 0.25) is 0 Å². The molecule has 1 atom stereocenters. The lowest BCUT2D eigenvalue weighted by atomic mass is 9.92. The first-order valence-corrected chi connectivity index (χ1v) is 6.33. The third-order valence-corrected chi connectivity index (χ3v) is 3.56. The van der Waals surface area contributed by atoms with Crippen LogP contribution in [-0.2, 0) is 6.42 Å². The summed E-state index contributed by atoms with van der Waals surface area (Å²) in [6.07, 6.45) is 5.60. The highest BCUT2D eigenvalue weighted by molar-refractivity contribution is 5.75. The van der Waals surface area contributed by atoms with Crippen LogP contribution in [0.25, 0.3) is 0 Å². The smallest absolute Gasteiger partial charge is 0.155 e. The highest BCUT2D eigenvalue weighted by Gasteiger charge is 2.23. The van der Waals surface area contributed by atoms with Crippen molar-refractivity contribution in [2.75, 3.05) is 13.1 Å². The molecule has 2 rings (SSSR count). The van der Waals surface area contributed by atoms with E-state index in [1.807, 2.05) is 0 Å². The Balaban J connectivity index is 1.97. The molecule has 0 saturated carbocycles. The van der Waals surface area contributed by atoms with Crippen LogP contribution in [0.3, 0.4) is 0 Å². The van der Waals surface area contributed by atoms with Crippen molar-refractivity contribution in [3.63, 3.8) is 0 Å². The second-order valence-electron chi connectivity index (χ2n) is 5.12. The van der Waals surface area contributed by atoms with Crippen LogP contribution >= 0.6 is 0 Å². The fraction of sp³-hybridized carbons (Fsp3) is 0.692. The normalized spacial score (nSPS) is 21.9. The van der Waals surface area contributed by atoms with Crippen molar-refractivity contribution >= 4 is 6.29 Å². The lowest BCUT2D eigenvalue weighted by Crippen LogP contribution is -2.40. The van der Waals surface area contributed by atoms with Crippen molar-refractivity contribution in [3.8, 4) is 0 Å². The van der Waals surface area contributed by atoms with Gasteiger partial charge in [-0.2, -0.15) is 0 Å². The van der Waals surface area contributed by atoms with Crippen LogP contribution in [0.1, 0.15) is 42.8 Å². The minimum atomic E-state index is 0.581. The van der Waals surface area contributed by atoms with Crippen LogP contribution < -0.4 is 0 Å². The molecule has 0 aliphatic carbocycles.